The summed E-state index contributed by atoms with van der Waals surface area (Å²) in [6, 6.07) is 5.67. The van der Waals surface area contributed by atoms with Crippen molar-refractivity contribution in [3.8, 4) is 5.75 Å². The molecular weight excluding hydrogens is 292 g/mol. The molecule has 7 heteroatoms. The molecule has 0 aliphatic rings. The molecular formula is C14H18N2O4S. The highest BCUT2D eigenvalue weighted by Gasteiger charge is 2.07. The molecule has 0 unspecified atom stereocenters. The minimum absolute atomic E-state index is 0.132. The van der Waals surface area contributed by atoms with Gasteiger partial charge in [0.1, 0.15) is 12.4 Å². The molecule has 0 radical (unpaired) electrons. The van der Waals surface area contributed by atoms with Crippen molar-refractivity contribution in [1.29, 1.82) is 0 Å². The van der Waals surface area contributed by atoms with Crippen molar-refractivity contribution in [2.24, 2.45) is 0 Å². The van der Waals surface area contributed by atoms with Gasteiger partial charge in [0.05, 0.1) is 17.6 Å². The molecule has 0 amide bonds. The predicted octanol–water partition coefficient (Wildman–Crippen LogP) is 2.59. The number of aromatic nitrogens is 2. The first-order valence-corrected chi connectivity index (χ1v) is 7.08. The molecule has 1 aromatic heterocycles. The van der Waals surface area contributed by atoms with Crippen molar-refractivity contribution < 1.29 is 19.4 Å². The second kappa shape index (κ2) is 7.24. The Morgan fingerprint density at radius 1 is 1.43 bits per heavy atom. The summed E-state index contributed by atoms with van der Waals surface area (Å²) in [7, 11) is 1.63. The van der Waals surface area contributed by atoms with Gasteiger partial charge >= 0.3 is 5.97 Å². The van der Waals surface area contributed by atoms with Crippen molar-refractivity contribution in [2.45, 2.75) is 19.4 Å². The molecule has 0 saturated heterocycles. The van der Waals surface area contributed by atoms with Crippen LogP contribution in [0.5, 0.6) is 5.75 Å². The fourth-order valence-electron chi connectivity index (χ4n) is 2.09. The second-order valence-electron chi connectivity index (χ2n) is 4.60. The van der Waals surface area contributed by atoms with Crippen LogP contribution in [-0.4, -0.2) is 41.0 Å². The zero-order chi connectivity index (χ0) is 15.2. The van der Waals surface area contributed by atoms with Gasteiger partial charge in [-0.15, -0.1) is 0 Å². The van der Waals surface area contributed by atoms with E-state index >= 15 is 0 Å². The summed E-state index contributed by atoms with van der Waals surface area (Å²) < 4.78 is 13.0. The van der Waals surface area contributed by atoms with Gasteiger partial charge in [0.25, 0.3) is 0 Å². The van der Waals surface area contributed by atoms with Crippen LogP contribution in [0.25, 0.3) is 11.0 Å². The molecule has 2 N–H and O–H groups in total. The molecule has 21 heavy (non-hydrogen) atoms. The number of methoxy groups -OCH3 is 1. The van der Waals surface area contributed by atoms with Gasteiger partial charge in [0.2, 0.25) is 0 Å². The third kappa shape index (κ3) is 4.05. The summed E-state index contributed by atoms with van der Waals surface area (Å²) in [5.74, 6) is -0.0522. The van der Waals surface area contributed by atoms with Crippen LogP contribution in [-0.2, 0) is 16.1 Å². The lowest BCUT2D eigenvalue weighted by Gasteiger charge is -2.06. The molecule has 2 rings (SSSR count). The number of ether oxygens (including phenoxy) is 2. The molecule has 2 aromatic rings. The van der Waals surface area contributed by atoms with E-state index in [2.05, 4.69) is 4.98 Å². The number of hydrogen-bond acceptors (Lipinski definition) is 4. The summed E-state index contributed by atoms with van der Waals surface area (Å²) in [6.07, 6.45) is 0.676. The quantitative estimate of drug-likeness (QED) is 0.579. The number of carboxylic acids is 1. The number of aryl methyl sites for hydroxylation is 1. The molecule has 0 saturated carbocycles. The van der Waals surface area contributed by atoms with E-state index in [0.717, 1.165) is 16.8 Å². The Morgan fingerprint density at radius 3 is 2.95 bits per heavy atom. The maximum absolute atomic E-state index is 10.6. The lowest BCUT2D eigenvalue weighted by molar-refractivity contribution is -0.137. The van der Waals surface area contributed by atoms with Crippen LogP contribution >= 0.6 is 12.2 Å². The number of aliphatic carboxylic acids is 1. The largest absolute Gasteiger partial charge is 0.491 e. The standard InChI is InChI=1S/C14H18N2O4S/c1-19-7-8-20-10-4-5-12-11(9-10)15-14(21)16(12)6-2-3-13(17)18/h4-5,9H,2-3,6-8H2,1H3,(H,15,21)(H,17,18). The van der Waals surface area contributed by atoms with E-state index in [1.165, 1.54) is 0 Å². The van der Waals surface area contributed by atoms with Gasteiger partial charge in [0.15, 0.2) is 4.77 Å². The van der Waals surface area contributed by atoms with Crippen molar-refractivity contribution in [3.05, 3.63) is 23.0 Å². The highest BCUT2D eigenvalue weighted by molar-refractivity contribution is 7.71. The van der Waals surface area contributed by atoms with Crippen molar-refractivity contribution in [1.82, 2.24) is 9.55 Å². The summed E-state index contributed by atoms with van der Waals surface area (Å²) in [5, 5.41) is 8.69. The number of benzene rings is 1. The lowest BCUT2D eigenvalue weighted by atomic mass is 10.2. The zero-order valence-corrected chi connectivity index (χ0v) is 12.6. The molecule has 0 aliphatic carbocycles. The minimum atomic E-state index is -0.796. The Morgan fingerprint density at radius 2 is 2.24 bits per heavy atom. The summed E-state index contributed by atoms with van der Waals surface area (Å²) in [4.78, 5) is 13.7. The van der Waals surface area contributed by atoms with Gasteiger partial charge in [-0.1, -0.05) is 0 Å². The van der Waals surface area contributed by atoms with E-state index in [4.69, 9.17) is 26.8 Å². The van der Waals surface area contributed by atoms with Gasteiger partial charge in [0, 0.05) is 26.1 Å². The number of carboxylic acid groups (broad SMARTS) is 1. The number of nitrogens with zero attached hydrogens (tertiary/aromatic N) is 1. The van der Waals surface area contributed by atoms with Crippen LogP contribution in [0.4, 0.5) is 0 Å². The van der Waals surface area contributed by atoms with Crippen LogP contribution < -0.4 is 4.74 Å². The highest BCUT2D eigenvalue weighted by atomic mass is 32.1. The van der Waals surface area contributed by atoms with Gasteiger partial charge in [-0.25, -0.2) is 0 Å². The van der Waals surface area contributed by atoms with Crippen LogP contribution in [0.2, 0.25) is 0 Å². The predicted molar refractivity (Wildman–Crippen MR) is 81.4 cm³/mol. The Kier molecular flexibility index (Phi) is 5.35. The smallest absolute Gasteiger partial charge is 0.303 e. The molecule has 1 heterocycles. The number of carbonyl (C=O) groups is 1. The highest BCUT2D eigenvalue weighted by Crippen LogP contribution is 2.21. The first-order chi connectivity index (χ1) is 10.1. The number of nitrogens with one attached hydrogen (secondary N) is 1. The number of hydrogen-bond donors (Lipinski definition) is 2. The molecule has 0 bridgehead atoms. The van der Waals surface area contributed by atoms with E-state index < -0.39 is 5.97 Å². The monoisotopic (exact) mass is 310 g/mol. The molecule has 1 aromatic carbocycles. The third-order valence-corrected chi connectivity index (χ3v) is 3.40. The Bertz CT molecular complexity index is 677. The van der Waals surface area contributed by atoms with E-state index in [0.29, 0.717) is 31.0 Å². The van der Waals surface area contributed by atoms with E-state index in [1.807, 2.05) is 22.8 Å². The molecule has 0 atom stereocenters. The summed E-state index contributed by atoms with van der Waals surface area (Å²) in [5.41, 5.74) is 1.83. The number of imidazole rings is 1. The molecule has 0 aliphatic heterocycles. The van der Waals surface area contributed by atoms with E-state index in [1.54, 1.807) is 7.11 Å². The van der Waals surface area contributed by atoms with Crippen molar-refractivity contribution in [2.75, 3.05) is 20.3 Å². The summed E-state index contributed by atoms with van der Waals surface area (Å²) in [6.45, 7) is 1.60. The fraction of sp³-hybridized carbons (Fsp3) is 0.429. The maximum Gasteiger partial charge on any atom is 0.303 e. The Hall–Kier alpha value is -1.86. The molecule has 6 nitrogen and oxygen atoms in total. The van der Waals surface area contributed by atoms with Crippen LogP contribution in [0, 0.1) is 4.77 Å². The van der Waals surface area contributed by atoms with E-state index in [-0.39, 0.29) is 6.42 Å². The average Bonchev–Trinajstić information content (AvgIpc) is 2.74. The first-order valence-electron chi connectivity index (χ1n) is 6.68. The molecule has 114 valence electrons. The lowest BCUT2D eigenvalue weighted by Crippen LogP contribution is -2.04. The number of rotatable bonds is 8. The van der Waals surface area contributed by atoms with E-state index in [9.17, 15) is 4.79 Å². The van der Waals surface area contributed by atoms with Gasteiger partial charge in [-0.3, -0.25) is 4.79 Å². The van der Waals surface area contributed by atoms with Gasteiger partial charge in [-0.2, -0.15) is 0 Å². The topological polar surface area (TPSA) is 76.5 Å². The molecule has 0 fully saturated rings. The second-order valence-corrected chi connectivity index (χ2v) is 4.99. The number of fused-ring (bicyclic) bond motifs is 1. The van der Waals surface area contributed by atoms with Crippen LogP contribution in [0.1, 0.15) is 12.8 Å². The maximum atomic E-state index is 10.6. The fourth-order valence-corrected chi connectivity index (χ4v) is 2.39. The first kappa shape index (κ1) is 15.5. The Labute approximate surface area is 127 Å². The third-order valence-electron chi connectivity index (χ3n) is 3.07. The summed E-state index contributed by atoms with van der Waals surface area (Å²) >= 11 is 5.28. The normalized spacial score (nSPS) is 10.9. The minimum Gasteiger partial charge on any atom is -0.491 e. The van der Waals surface area contributed by atoms with Crippen molar-refractivity contribution >= 4 is 29.2 Å². The van der Waals surface area contributed by atoms with Crippen LogP contribution in [0.15, 0.2) is 18.2 Å². The average molecular weight is 310 g/mol. The Balaban J connectivity index is 2.14. The zero-order valence-electron chi connectivity index (χ0n) is 11.8. The number of aromatic amines is 1. The van der Waals surface area contributed by atoms with Gasteiger partial charge in [-0.05, 0) is 30.8 Å². The number of H-pyrrole nitrogens is 1. The molecule has 0 spiro atoms. The SMILES string of the molecule is COCCOc1ccc2c(c1)[nH]c(=S)n2CCCC(=O)O. The van der Waals surface area contributed by atoms with Crippen molar-refractivity contribution in [3.63, 3.8) is 0 Å². The van der Waals surface area contributed by atoms with Crippen LogP contribution in [0.3, 0.4) is 0 Å². The van der Waals surface area contributed by atoms with Gasteiger partial charge < -0.3 is 24.1 Å².